The van der Waals surface area contributed by atoms with Crippen LogP contribution in [0.25, 0.3) is 5.78 Å². The van der Waals surface area contributed by atoms with Gasteiger partial charge in [0.2, 0.25) is 11.8 Å². The Morgan fingerprint density at radius 2 is 1.81 bits per heavy atom. The van der Waals surface area contributed by atoms with E-state index in [0.717, 1.165) is 4.52 Å². The fraction of sp³-hybridized carbons (Fsp3) is 0.533. The highest BCUT2D eigenvalue weighted by atomic mass is 19.4. The molecule has 0 aliphatic heterocycles. The van der Waals surface area contributed by atoms with E-state index < -0.39 is 12.0 Å². The van der Waals surface area contributed by atoms with E-state index in [1.165, 1.54) is 0 Å². The van der Waals surface area contributed by atoms with Gasteiger partial charge in [-0.15, -0.1) is 5.10 Å². The minimum atomic E-state index is -4.66. The summed E-state index contributed by atoms with van der Waals surface area (Å²) in [6, 6.07) is 0. The summed E-state index contributed by atoms with van der Waals surface area (Å²) in [4.78, 5) is 30.6. The lowest BCUT2D eigenvalue weighted by molar-refractivity contribution is -0.144. The third-order valence-electron chi connectivity index (χ3n) is 3.72. The summed E-state index contributed by atoms with van der Waals surface area (Å²) in [6.07, 6.45) is -4.34. The van der Waals surface area contributed by atoms with Gasteiger partial charge in [0.1, 0.15) is 0 Å². The molecular weight excluding hydrogens is 353 g/mol. The topological polar surface area (TPSA) is 101 Å². The fourth-order valence-electron chi connectivity index (χ4n) is 2.46. The van der Waals surface area contributed by atoms with Crippen molar-refractivity contribution in [2.45, 2.75) is 39.8 Å². The van der Waals surface area contributed by atoms with Crippen LogP contribution in [0.2, 0.25) is 0 Å². The van der Waals surface area contributed by atoms with Gasteiger partial charge in [0.25, 0.3) is 11.6 Å². The van der Waals surface area contributed by atoms with Gasteiger partial charge in [0.15, 0.2) is 0 Å². The molecule has 0 atom stereocenters. The van der Waals surface area contributed by atoms with Crippen LogP contribution >= 0.6 is 0 Å². The molecule has 2 heterocycles. The third-order valence-corrected chi connectivity index (χ3v) is 3.72. The molecular formula is C15H19F3N6O2. The maximum atomic E-state index is 12.8. The molecule has 0 fully saturated rings. The van der Waals surface area contributed by atoms with Crippen LogP contribution in [0.1, 0.15) is 36.1 Å². The first-order valence-electron chi connectivity index (χ1n) is 7.97. The summed E-state index contributed by atoms with van der Waals surface area (Å²) in [6.45, 7) is 5.34. The van der Waals surface area contributed by atoms with E-state index in [9.17, 15) is 22.8 Å². The van der Waals surface area contributed by atoms with Crippen LogP contribution in [0.5, 0.6) is 0 Å². The van der Waals surface area contributed by atoms with Gasteiger partial charge in [0.05, 0.1) is 6.54 Å². The first-order chi connectivity index (χ1) is 12.1. The van der Waals surface area contributed by atoms with E-state index in [1.54, 1.807) is 20.8 Å². The third kappa shape index (κ3) is 4.46. The second-order valence-corrected chi connectivity index (χ2v) is 5.64. The molecule has 0 saturated carbocycles. The Labute approximate surface area is 147 Å². The monoisotopic (exact) mass is 372 g/mol. The van der Waals surface area contributed by atoms with Gasteiger partial charge in [-0.2, -0.15) is 18.2 Å². The molecule has 142 valence electrons. The van der Waals surface area contributed by atoms with Gasteiger partial charge in [0, 0.05) is 24.4 Å². The molecule has 0 radical (unpaired) electrons. The maximum absolute atomic E-state index is 12.8. The van der Waals surface area contributed by atoms with Crippen molar-refractivity contribution < 1.29 is 22.8 Å². The van der Waals surface area contributed by atoms with Crippen LogP contribution in [0.15, 0.2) is 0 Å². The Hall–Kier alpha value is -2.72. The number of nitrogens with zero attached hydrogens (tertiary/aromatic N) is 4. The number of fused-ring (bicyclic) bond motifs is 1. The Morgan fingerprint density at radius 3 is 2.42 bits per heavy atom. The predicted octanol–water partition coefficient (Wildman–Crippen LogP) is 0.945. The molecule has 0 aliphatic carbocycles. The number of aromatic nitrogens is 4. The minimum Gasteiger partial charge on any atom is -0.355 e. The number of rotatable bonds is 6. The van der Waals surface area contributed by atoms with Crippen molar-refractivity contribution in [2.24, 2.45) is 0 Å². The van der Waals surface area contributed by atoms with Crippen LogP contribution in [0, 0.1) is 13.8 Å². The molecule has 2 aromatic heterocycles. The van der Waals surface area contributed by atoms with Gasteiger partial charge >= 0.3 is 6.18 Å². The average molecular weight is 372 g/mol. The zero-order valence-electron chi connectivity index (χ0n) is 14.6. The van der Waals surface area contributed by atoms with E-state index in [4.69, 9.17) is 0 Å². The van der Waals surface area contributed by atoms with Crippen molar-refractivity contribution in [3.05, 3.63) is 22.8 Å². The van der Waals surface area contributed by atoms with Gasteiger partial charge < -0.3 is 10.6 Å². The molecule has 2 N–H and O–H groups in total. The number of carbonyl (C=O) groups is 2. The standard InChI is InChI=1S/C15H19F3N6O2/c1-4-19-12(26)7-20-11(25)6-5-10-8(2)21-14-22-13(15(16,17)18)23-24(14)9(10)3/h4-7H2,1-3H3,(H,19,26)(H,20,25). The number of amides is 2. The van der Waals surface area contributed by atoms with Gasteiger partial charge in [-0.05, 0) is 32.8 Å². The lowest BCUT2D eigenvalue weighted by Gasteiger charge is -2.10. The summed E-state index contributed by atoms with van der Waals surface area (Å²) in [5, 5.41) is 8.49. The Morgan fingerprint density at radius 1 is 1.12 bits per heavy atom. The zero-order valence-corrected chi connectivity index (χ0v) is 14.6. The van der Waals surface area contributed by atoms with Crippen LogP contribution in [-0.4, -0.2) is 44.5 Å². The second-order valence-electron chi connectivity index (χ2n) is 5.64. The van der Waals surface area contributed by atoms with E-state index >= 15 is 0 Å². The van der Waals surface area contributed by atoms with Crippen molar-refractivity contribution >= 4 is 17.6 Å². The summed E-state index contributed by atoms with van der Waals surface area (Å²) < 4.78 is 39.3. The van der Waals surface area contributed by atoms with E-state index in [0.29, 0.717) is 23.5 Å². The first kappa shape index (κ1) is 19.6. The molecule has 0 bridgehead atoms. The number of alkyl halides is 3. The molecule has 0 aliphatic rings. The van der Waals surface area contributed by atoms with Crippen molar-refractivity contribution in [3.63, 3.8) is 0 Å². The van der Waals surface area contributed by atoms with Crippen LogP contribution in [-0.2, 0) is 22.2 Å². The second kappa shape index (κ2) is 7.67. The van der Waals surface area contributed by atoms with E-state index in [-0.39, 0.29) is 37.0 Å². The van der Waals surface area contributed by atoms with Gasteiger partial charge in [-0.25, -0.2) is 9.50 Å². The highest BCUT2D eigenvalue weighted by Gasteiger charge is 2.36. The molecule has 2 aromatic rings. The highest BCUT2D eigenvalue weighted by Crippen LogP contribution is 2.27. The van der Waals surface area contributed by atoms with Crippen molar-refractivity contribution in [3.8, 4) is 0 Å². The summed E-state index contributed by atoms with van der Waals surface area (Å²) in [7, 11) is 0. The molecule has 0 unspecified atom stereocenters. The lowest BCUT2D eigenvalue weighted by Crippen LogP contribution is -2.36. The lowest BCUT2D eigenvalue weighted by atomic mass is 10.1. The highest BCUT2D eigenvalue weighted by molar-refractivity contribution is 5.84. The fourth-order valence-corrected chi connectivity index (χ4v) is 2.46. The number of halogens is 3. The van der Waals surface area contributed by atoms with Crippen molar-refractivity contribution in [2.75, 3.05) is 13.1 Å². The van der Waals surface area contributed by atoms with Crippen LogP contribution < -0.4 is 10.6 Å². The summed E-state index contributed by atoms with van der Waals surface area (Å²) >= 11 is 0. The normalized spacial score (nSPS) is 11.6. The van der Waals surface area contributed by atoms with Crippen LogP contribution in [0.3, 0.4) is 0 Å². The zero-order chi connectivity index (χ0) is 19.5. The number of likely N-dealkylation sites (N-methyl/N-ethyl adjacent to an activating group) is 1. The number of hydrogen-bond acceptors (Lipinski definition) is 5. The molecule has 0 aromatic carbocycles. The first-order valence-corrected chi connectivity index (χ1v) is 7.97. The molecule has 2 rings (SSSR count). The minimum absolute atomic E-state index is 0.0646. The maximum Gasteiger partial charge on any atom is 0.453 e. The molecule has 2 amide bonds. The van der Waals surface area contributed by atoms with E-state index in [1.807, 2.05) is 0 Å². The summed E-state index contributed by atoms with van der Waals surface area (Å²) in [5.74, 6) is -2.04. The molecule has 0 spiro atoms. The number of carbonyl (C=O) groups excluding carboxylic acids is 2. The van der Waals surface area contributed by atoms with Gasteiger partial charge in [-0.1, -0.05) is 0 Å². The quantitative estimate of drug-likeness (QED) is 0.786. The molecule has 0 saturated heterocycles. The Balaban J connectivity index is 2.12. The van der Waals surface area contributed by atoms with Gasteiger partial charge in [-0.3, -0.25) is 9.59 Å². The SMILES string of the molecule is CCNC(=O)CNC(=O)CCc1c(C)nc2nc(C(F)(F)F)nn2c1C. The molecule has 11 heteroatoms. The average Bonchev–Trinajstić information content (AvgIpc) is 2.97. The molecule has 26 heavy (non-hydrogen) atoms. The number of hydrogen-bond donors (Lipinski definition) is 2. The Kier molecular flexibility index (Phi) is 5.78. The number of aryl methyl sites for hydroxylation is 2. The Bertz CT molecular complexity index is 831. The van der Waals surface area contributed by atoms with E-state index in [2.05, 4.69) is 25.7 Å². The molecule has 8 nitrogen and oxygen atoms in total. The number of nitrogens with one attached hydrogen (secondary N) is 2. The van der Waals surface area contributed by atoms with Crippen molar-refractivity contribution in [1.82, 2.24) is 30.2 Å². The van der Waals surface area contributed by atoms with Crippen molar-refractivity contribution in [1.29, 1.82) is 0 Å². The summed E-state index contributed by atoms with van der Waals surface area (Å²) in [5.41, 5.74) is 1.53. The van der Waals surface area contributed by atoms with Crippen LogP contribution in [0.4, 0.5) is 13.2 Å². The smallest absolute Gasteiger partial charge is 0.355 e. The largest absolute Gasteiger partial charge is 0.453 e. The predicted molar refractivity (Wildman–Crippen MR) is 85.3 cm³/mol.